The molecule has 0 aromatic heterocycles. The number of benzene rings is 3. The number of ether oxygens (including phenoxy) is 3. The summed E-state index contributed by atoms with van der Waals surface area (Å²) < 4.78 is 16.3. The van der Waals surface area contributed by atoms with Crippen molar-refractivity contribution in [3.8, 4) is 22.6 Å². The number of phenolic OH excluding ortho intramolecular Hbond substituents is 1. The molecule has 0 radical (unpaired) electrons. The molecule has 37 heavy (non-hydrogen) atoms. The van der Waals surface area contributed by atoms with Crippen molar-refractivity contribution in [1.29, 1.82) is 0 Å². The molecule has 0 heterocycles. The minimum Gasteiger partial charge on any atom is -0.507 e. The molecule has 3 rings (SSSR count). The highest BCUT2D eigenvalue weighted by Gasteiger charge is 2.28. The number of rotatable bonds is 7. The summed E-state index contributed by atoms with van der Waals surface area (Å²) in [5.41, 5.74) is 3.18. The van der Waals surface area contributed by atoms with E-state index in [9.17, 15) is 14.7 Å². The van der Waals surface area contributed by atoms with Crippen LogP contribution in [-0.4, -0.2) is 29.8 Å². The highest BCUT2D eigenvalue weighted by molar-refractivity contribution is 5.95. The maximum absolute atomic E-state index is 13.0. The van der Waals surface area contributed by atoms with E-state index >= 15 is 0 Å². The van der Waals surface area contributed by atoms with Crippen LogP contribution >= 0.6 is 0 Å². The zero-order valence-electron chi connectivity index (χ0n) is 22.7. The fourth-order valence-corrected chi connectivity index (χ4v) is 3.87. The molecule has 3 aromatic carbocycles. The van der Waals surface area contributed by atoms with Gasteiger partial charge in [0.15, 0.2) is 0 Å². The number of aromatic hydroxyl groups is 1. The zero-order valence-corrected chi connectivity index (χ0v) is 22.7. The summed E-state index contributed by atoms with van der Waals surface area (Å²) in [6.45, 7) is 11.4. The Hall–Kier alpha value is -3.80. The highest BCUT2D eigenvalue weighted by Crippen LogP contribution is 2.36. The maximum Gasteiger partial charge on any atom is 0.342 e. The van der Waals surface area contributed by atoms with E-state index in [2.05, 4.69) is 0 Å². The third-order valence-corrected chi connectivity index (χ3v) is 5.79. The van der Waals surface area contributed by atoms with E-state index in [1.165, 1.54) is 7.11 Å². The lowest BCUT2D eigenvalue weighted by atomic mass is 9.84. The lowest BCUT2D eigenvalue weighted by Gasteiger charge is -2.25. The van der Waals surface area contributed by atoms with Crippen molar-refractivity contribution < 1.29 is 28.9 Å². The summed E-state index contributed by atoms with van der Waals surface area (Å²) >= 11 is 0. The molecule has 1 N–H and O–H groups in total. The van der Waals surface area contributed by atoms with Crippen LogP contribution in [0.5, 0.6) is 11.5 Å². The van der Waals surface area contributed by atoms with E-state index in [0.717, 1.165) is 16.7 Å². The SMILES string of the molecule is COC(=O)Cc1ccc(-c2ccc(OCc3ccc(C(C)(C)C)c(O)c3C(=O)OC(C)(C)C)cc2)cc1. The fourth-order valence-electron chi connectivity index (χ4n) is 3.87. The first kappa shape index (κ1) is 27.8. The number of esters is 2. The molecule has 3 aromatic rings. The normalized spacial score (nSPS) is 11.6. The second kappa shape index (κ2) is 11.1. The van der Waals surface area contributed by atoms with Gasteiger partial charge < -0.3 is 19.3 Å². The Kier molecular flexibility index (Phi) is 8.32. The molecule has 0 atom stereocenters. The van der Waals surface area contributed by atoms with Crippen LogP contribution in [0.1, 0.15) is 68.6 Å². The summed E-state index contributed by atoms with van der Waals surface area (Å²) in [6.07, 6.45) is 0.237. The number of carbonyl (C=O) groups is 2. The molecule has 0 bridgehead atoms. The summed E-state index contributed by atoms with van der Waals surface area (Å²) in [7, 11) is 1.38. The van der Waals surface area contributed by atoms with Gasteiger partial charge in [-0.3, -0.25) is 4.79 Å². The van der Waals surface area contributed by atoms with Crippen LogP contribution < -0.4 is 4.74 Å². The van der Waals surface area contributed by atoms with Crippen molar-refractivity contribution in [3.63, 3.8) is 0 Å². The van der Waals surface area contributed by atoms with Crippen molar-refractivity contribution in [3.05, 3.63) is 82.9 Å². The Morgan fingerprint density at radius 1 is 0.811 bits per heavy atom. The molecule has 0 aliphatic rings. The largest absolute Gasteiger partial charge is 0.507 e. The Balaban J connectivity index is 1.79. The second-order valence-electron chi connectivity index (χ2n) is 11.0. The quantitative estimate of drug-likeness (QED) is 0.365. The predicted molar refractivity (Wildman–Crippen MR) is 144 cm³/mol. The molecule has 0 fully saturated rings. The van der Waals surface area contributed by atoms with Crippen LogP contribution in [0.3, 0.4) is 0 Å². The molecule has 6 nitrogen and oxygen atoms in total. The molecule has 0 unspecified atom stereocenters. The first-order chi connectivity index (χ1) is 17.3. The average molecular weight is 505 g/mol. The van der Waals surface area contributed by atoms with Crippen LogP contribution in [0.25, 0.3) is 11.1 Å². The zero-order chi connectivity index (χ0) is 27.4. The highest BCUT2D eigenvalue weighted by atomic mass is 16.6. The van der Waals surface area contributed by atoms with Crippen LogP contribution in [0.4, 0.5) is 0 Å². The smallest absolute Gasteiger partial charge is 0.342 e. The summed E-state index contributed by atoms with van der Waals surface area (Å²) in [5.74, 6) is -0.305. The maximum atomic E-state index is 13.0. The average Bonchev–Trinajstić information content (AvgIpc) is 2.81. The number of carbonyl (C=O) groups excluding carboxylic acids is 2. The Morgan fingerprint density at radius 3 is 1.89 bits per heavy atom. The first-order valence-electron chi connectivity index (χ1n) is 12.3. The standard InChI is InChI=1S/C31H36O6/c1-30(2,3)25-17-14-23(27(28(25)33)29(34)37-31(4,5)6)19-36-24-15-12-22(13-16-24)21-10-8-20(9-11-21)18-26(32)35-7/h8-17,33H,18-19H2,1-7H3. The lowest BCUT2D eigenvalue weighted by molar-refractivity contribution is -0.139. The van der Waals surface area contributed by atoms with Gasteiger partial charge in [0, 0.05) is 11.1 Å². The summed E-state index contributed by atoms with van der Waals surface area (Å²) in [4.78, 5) is 24.5. The number of hydrogen-bond donors (Lipinski definition) is 1. The van der Waals surface area contributed by atoms with Crippen LogP contribution in [-0.2, 0) is 32.7 Å². The van der Waals surface area contributed by atoms with Crippen molar-refractivity contribution >= 4 is 11.9 Å². The molecule has 0 saturated carbocycles. The first-order valence-corrected chi connectivity index (χ1v) is 12.3. The Morgan fingerprint density at radius 2 is 1.38 bits per heavy atom. The number of phenols is 1. The minimum atomic E-state index is -0.702. The van der Waals surface area contributed by atoms with Gasteiger partial charge in [0.1, 0.15) is 29.3 Å². The lowest BCUT2D eigenvalue weighted by Crippen LogP contribution is -2.25. The van der Waals surface area contributed by atoms with Crippen molar-refractivity contribution in [1.82, 2.24) is 0 Å². The van der Waals surface area contributed by atoms with E-state index in [1.54, 1.807) is 20.8 Å². The molecule has 0 aliphatic carbocycles. The van der Waals surface area contributed by atoms with Gasteiger partial charge in [0.2, 0.25) is 0 Å². The van der Waals surface area contributed by atoms with Gasteiger partial charge in [-0.1, -0.05) is 69.3 Å². The minimum absolute atomic E-state index is 0.0751. The molecular weight excluding hydrogens is 468 g/mol. The van der Waals surface area contributed by atoms with Crippen molar-refractivity contribution in [2.45, 2.75) is 65.6 Å². The van der Waals surface area contributed by atoms with Crippen LogP contribution in [0.2, 0.25) is 0 Å². The van der Waals surface area contributed by atoms with E-state index in [1.807, 2.05) is 81.4 Å². The molecule has 0 saturated heterocycles. The third kappa shape index (κ3) is 7.35. The summed E-state index contributed by atoms with van der Waals surface area (Å²) in [6, 6.07) is 19.0. The molecular formula is C31H36O6. The monoisotopic (exact) mass is 504 g/mol. The van der Waals surface area contributed by atoms with E-state index < -0.39 is 11.6 Å². The van der Waals surface area contributed by atoms with Crippen molar-refractivity contribution in [2.75, 3.05) is 7.11 Å². The molecule has 0 aliphatic heterocycles. The topological polar surface area (TPSA) is 82.1 Å². The number of methoxy groups -OCH3 is 1. The van der Waals surface area contributed by atoms with Gasteiger partial charge in [0.05, 0.1) is 13.5 Å². The second-order valence-corrected chi connectivity index (χ2v) is 11.0. The van der Waals surface area contributed by atoms with Gasteiger partial charge in [-0.15, -0.1) is 0 Å². The van der Waals surface area contributed by atoms with Gasteiger partial charge >= 0.3 is 11.9 Å². The van der Waals surface area contributed by atoms with E-state index in [4.69, 9.17) is 14.2 Å². The van der Waals surface area contributed by atoms with E-state index in [-0.39, 0.29) is 35.7 Å². The van der Waals surface area contributed by atoms with Gasteiger partial charge in [-0.2, -0.15) is 0 Å². The molecule has 6 heteroatoms. The molecule has 196 valence electrons. The van der Waals surface area contributed by atoms with E-state index in [0.29, 0.717) is 16.9 Å². The van der Waals surface area contributed by atoms with Crippen LogP contribution in [0, 0.1) is 0 Å². The number of hydrogen-bond acceptors (Lipinski definition) is 6. The Bertz CT molecular complexity index is 1240. The van der Waals surface area contributed by atoms with Crippen molar-refractivity contribution in [2.24, 2.45) is 0 Å². The fraction of sp³-hybridized carbons (Fsp3) is 0.355. The van der Waals surface area contributed by atoms with Gasteiger partial charge in [-0.25, -0.2) is 4.79 Å². The summed E-state index contributed by atoms with van der Waals surface area (Å²) in [5, 5.41) is 11.0. The van der Waals surface area contributed by atoms with Gasteiger partial charge in [-0.05, 0) is 55.0 Å². The molecule has 0 amide bonds. The van der Waals surface area contributed by atoms with Crippen LogP contribution in [0.15, 0.2) is 60.7 Å². The van der Waals surface area contributed by atoms with Gasteiger partial charge in [0.25, 0.3) is 0 Å². The Labute approximate surface area is 219 Å². The third-order valence-electron chi connectivity index (χ3n) is 5.79. The predicted octanol–water partition coefficient (Wildman–Crippen LogP) is 6.61. The molecule has 0 spiro atoms.